The Bertz CT molecular complexity index is 469. The lowest BCUT2D eigenvalue weighted by Gasteiger charge is -2.11. The van der Waals surface area contributed by atoms with E-state index in [2.05, 4.69) is 15.8 Å². The Balaban J connectivity index is 3.16. The largest absolute Gasteiger partial charge is 0.416 e. The number of rotatable bonds is 4. The van der Waals surface area contributed by atoms with E-state index in [0.29, 0.717) is 6.54 Å². The van der Waals surface area contributed by atoms with Crippen molar-refractivity contribution in [2.45, 2.75) is 20.0 Å². The monoisotopic (exact) mass is 259 g/mol. The van der Waals surface area contributed by atoms with Crippen molar-refractivity contribution in [1.82, 2.24) is 0 Å². The van der Waals surface area contributed by atoms with Crippen LogP contribution >= 0.6 is 0 Å². The van der Waals surface area contributed by atoms with Gasteiger partial charge in [0.25, 0.3) is 0 Å². The third kappa shape index (κ3) is 3.54. The fraction of sp³-hybridized carbons (Fsp3) is 0.364. The van der Waals surface area contributed by atoms with Crippen molar-refractivity contribution < 1.29 is 18.0 Å². The molecule has 1 rings (SSSR count). The first-order valence-corrected chi connectivity index (χ1v) is 5.21. The summed E-state index contributed by atoms with van der Waals surface area (Å²) in [6, 6.07) is 2.82. The van der Waals surface area contributed by atoms with Crippen LogP contribution in [0.5, 0.6) is 0 Å². The topological polar surface area (TPSA) is 53.8 Å². The molecule has 0 unspecified atom stereocenters. The summed E-state index contributed by atoms with van der Waals surface area (Å²) in [6.45, 7) is 3.38. The second kappa shape index (κ2) is 5.61. The number of halogens is 3. The van der Waals surface area contributed by atoms with Crippen LogP contribution in [0.15, 0.2) is 28.5 Å². The number of alkyl halides is 3. The summed E-state index contributed by atoms with van der Waals surface area (Å²) in [5, 5.41) is 7.06. The van der Waals surface area contributed by atoms with Gasteiger partial charge in [0.1, 0.15) is 0 Å². The maximum atomic E-state index is 12.5. The predicted octanol–water partition coefficient (Wildman–Crippen LogP) is 3.71. The van der Waals surface area contributed by atoms with Crippen LogP contribution in [0.2, 0.25) is 0 Å². The molecule has 1 aromatic carbocycles. The van der Waals surface area contributed by atoms with Crippen molar-refractivity contribution in [3.63, 3.8) is 0 Å². The highest BCUT2D eigenvalue weighted by Gasteiger charge is 2.31. The molecule has 4 nitrogen and oxygen atoms in total. The maximum Gasteiger partial charge on any atom is 0.416 e. The van der Waals surface area contributed by atoms with Crippen LogP contribution in [0.25, 0.3) is 0 Å². The number of benzene rings is 1. The molecule has 0 aliphatic rings. The smallest absolute Gasteiger partial charge is 0.294 e. The summed E-state index contributed by atoms with van der Waals surface area (Å²) in [5.41, 5.74) is 1.63. The summed E-state index contributed by atoms with van der Waals surface area (Å²) < 4.78 is 37.6. The molecule has 0 spiro atoms. The van der Waals surface area contributed by atoms with E-state index in [1.54, 1.807) is 6.92 Å². The van der Waals surface area contributed by atoms with Crippen molar-refractivity contribution in [3.8, 4) is 0 Å². The molecule has 0 saturated heterocycles. The number of ketones is 1. The zero-order valence-corrected chi connectivity index (χ0v) is 9.88. The van der Waals surface area contributed by atoms with Gasteiger partial charge in [-0.2, -0.15) is 18.3 Å². The average Bonchev–Trinajstić information content (AvgIpc) is 2.27. The zero-order chi connectivity index (χ0) is 13.8. The Labute approximate surface area is 102 Å². The molecular formula is C11H12F3N3O. The highest BCUT2D eigenvalue weighted by Crippen LogP contribution is 2.32. The first kappa shape index (κ1) is 14.1. The summed E-state index contributed by atoms with van der Waals surface area (Å²) in [4.78, 5) is 11.3. The van der Waals surface area contributed by atoms with Crippen molar-refractivity contribution in [2.75, 3.05) is 12.0 Å². The number of hydrogen-bond donors (Lipinski definition) is 1. The van der Waals surface area contributed by atoms with Gasteiger partial charge in [0, 0.05) is 5.56 Å². The van der Waals surface area contributed by atoms with Gasteiger partial charge >= 0.3 is 6.18 Å². The van der Waals surface area contributed by atoms with E-state index in [4.69, 9.17) is 0 Å². The van der Waals surface area contributed by atoms with Gasteiger partial charge in [-0.05, 0) is 32.0 Å². The molecule has 7 heteroatoms. The minimum Gasteiger partial charge on any atom is -0.294 e. The molecule has 1 aromatic rings. The van der Waals surface area contributed by atoms with Crippen molar-refractivity contribution in [1.29, 1.82) is 0 Å². The van der Waals surface area contributed by atoms with Gasteiger partial charge < -0.3 is 0 Å². The SMILES string of the molecule is CCN=NNc1cc(C(F)(F)F)ccc1C(C)=O. The standard InChI is InChI=1S/C11H12F3N3O/c1-3-15-17-16-10-6-8(11(12,13)14)4-5-9(10)7(2)18/h4-6H,3H2,1-2H3,(H,15,16). The maximum absolute atomic E-state index is 12.5. The normalized spacial score (nSPS) is 11.8. The molecule has 0 heterocycles. The molecule has 0 fully saturated rings. The van der Waals surface area contributed by atoms with E-state index < -0.39 is 11.7 Å². The molecule has 0 atom stereocenters. The van der Waals surface area contributed by atoms with Gasteiger partial charge in [-0.25, -0.2) is 0 Å². The van der Waals surface area contributed by atoms with Gasteiger partial charge in [0.05, 0.1) is 17.8 Å². The van der Waals surface area contributed by atoms with Crippen LogP contribution in [0, 0.1) is 0 Å². The van der Waals surface area contributed by atoms with Gasteiger partial charge in [-0.3, -0.25) is 10.2 Å². The molecule has 0 aliphatic carbocycles. The molecule has 0 bridgehead atoms. The molecule has 0 amide bonds. The number of nitrogens with zero attached hydrogens (tertiary/aromatic N) is 2. The molecule has 18 heavy (non-hydrogen) atoms. The first-order chi connectivity index (χ1) is 8.36. The molecule has 0 aromatic heterocycles. The summed E-state index contributed by atoms with van der Waals surface area (Å²) >= 11 is 0. The van der Waals surface area contributed by atoms with Crippen LogP contribution in [0.3, 0.4) is 0 Å². The minimum absolute atomic E-state index is 0.00507. The highest BCUT2D eigenvalue weighted by atomic mass is 19.4. The molecule has 0 saturated carbocycles. The number of Topliss-reactive ketones (excluding diaryl/α,β-unsaturated/α-hetero) is 1. The highest BCUT2D eigenvalue weighted by molar-refractivity contribution is 5.99. The van der Waals surface area contributed by atoms with Gasteiger partial charge in [-0.15, -0.1) is 0 Å². The average molecular weight is 259 g/mol. The summed E-state index contributed by atoms with van der Waals surface area (Å²) in [7, 11) is 0. The van der Waals surface area contributed by atoms with E-state index >= 15 is 0 Å². The van der Waals surface area contributed by atoms with Crippen LogP contribution in [0.4, 0.5) is 18.9 Å². The summed E-state index contributed by atoms with van der Waals surface area (Å²) in [5.74, 6) is -0.349. The van der Waals surface area contributed by atoms with Crippen LogP contribution in [-0.2, 0) is 6.18 Å². The van der Waals surface area contributed by atoms with Crippen molar-refractivity contribution >= 4 is 11.5 Å². The van der Waals surface area contributed by atoms with Gasteiger partial charge in [-0.1, -0.05) is 5.22 Å². The Morgan fingerprint density at radius 1 is 1.39 bits per heavy atom. The Kier molecular flexibility index (Phi) is 4.41. The fourth-order valence-electron chi connectivity index (χ4n) is 1.28. The molecule has 0 aliphatic heterocycles. The lowest BCUT2D eigenvalue weighted by atomic mass is 10.1. The number of anilines is 1. The van der Waals surface area contributed by atoms with Crippen LogP contribution in [0.1, 0.15) is 29.8 Å². The fourth-order valence-corrected chi connectivity index (χ4v) is 1.28. The lowest BCUT2D eigenvalue weighted by Crippen LogP contribution is -2.08. The Hall–Kier alpha value is -1.92. The zero-order valence-electron chi connectivity index (χ0n) is 9.88. The number of hydrogen-bond acceptors (Lipinski definition) is 3. The van der Waals surface area contributed by atoms with E-state index in [1.807, 2.05) is 0 Å². The van der Waals surface area contributed by atoms with Crippen LogP contribution < -0.4 is 5.43 Å². The number of carbonyl (C=O) groups excluding carboxylic acids is 1. The van der Waals surface area contributed by atoms with Crippen LogP contribution in [-0.4, -0.2) is 12.3 Å². The van der Waals surface area contributed by atoms with E-state index in [1.165, 1.54) is 6.92 Å². The molecule has 1 N–H and O–H groups in total. The molecule has 0 radical (unpaired) electrons. The predicted molar refractivity (Wildman–Crippen MR) is 60.5 cm³/mol. The Morgan fingerprint density at radius 3 is 2.56 bits per heavy atom. The second-order valence-electron chi connectivity index (χ2n) is 3.48. The molecule has 98 valence electrons. The number of nitrogens with one attached hydrogen (secondary N) is 1. The van der Waals surface area contributed by atoms with Crippen molar-refractivity contribution in [2.24, 2.45) is 10.3 Å². The summed E-state index contributed by atoms with van der Waals surface area (Å²) in [6.07, 6.45) is -4.46. The van der Waals surface area contributed by atoms with Crippen molar-refractivity contribution in [3.05, 3.63) is 29.3 Å². The first-order valence-electron chi connectivity index (χ1n) is 5.21. The van der Waals surface area contributed by atoms with Gasteiger partial charge in [0.2, 0.25) is 0 Å². The third-order valence-corrected chi connectivity index (χ3v) is 2.11. The number of carbonyl (C=O) groups is 1. The second-order valence-corrected chi connectivity index (χ2v) is 3.48. The molecular weight excluding hydrogens is 247 g/mol. The van der Waals surface area contributed by atoms with E-state index in [0.717, 1.165) is 18.2 Å². The Morgan fingerprint density at radius 2 is 2.06 bits per heavy atom. The minimum atomic E-state index is -4.46. The van der Waals surface area contributed by atoms with E-state index in [9.17, 15) is 18.0 Å². The third-order valence-electron chi connectivity index (χ3n) is 2.11. The van der Waals surface area contributed by atoms with Gasteiger partial charge in [0.15, 0.2) is 5.78 Å². The quantitative estimate of drug-likeness (QED) is 0.509. The lowest BCUT2D eigenvalue weighted by molar-refractivity contribution is -0.137. The van der Waals surface area contributed by atoms with E-state index in [-0.39, 0.29) is 17.0 Å².